The zero-order valence-electron chi connectivity index (χ0n) is 25.5. The van der Waals surface area contributed by atoms with Crippen LogP contribution < -0.4 is 10.6 Å². The van der Waals surface area contributed by atoms with Crippen molar-refractivity contribution < 1.29 is 19.6 Å². The predicted octanol–water partition coefficient (Wildman–Crippen LogP) is 9.35. The second-order valence-electron chi connectivity index (χ2n) is 12.0. The maximum atomic E-state index is 5.48. The Labute approximate surface area is 248 Å². The molecule has 2 aromatic carbocycles. The second kappa shape index (κ2) is 18.4. The van der Waals surface area contributed by atoms with E-state index in [4.69, 9.17) is 19.6 Å². The predicted molar refractivity (Wildman–Crippen MR) is 168 cm³/mol. The standard InChI is InChI=1S/C35H54N2O4/c1-2-3-4-13-26-36-32-20-16-30(17-21-32)28-31-18-22-33(23-19-31)37-29-39-38-27-14-9-7-5-6-8-10-15-34-35(41-40-34)24-11-12-25-35/h16-23,34,36-37H,2-15,24-29H2,1H3. The minimum atomic E-state index is 0.0981. The molecule has 0 amide bonds. The van der Waals surface area contributed by atoms with Crippen molar-refractivity contribution in [1.82, 2.24) is 0 Å². The van der Waals surface area contributed by atoms with E-state index < -0.39 is 0 Å². The summed E-state index contributed by atoms with van der Waals surface area (Å²) in [5.41, 5.74) is 4.97. The number of unbranched alkanes of at least 4 members (excludes halogenated alkanes) is 9. The molecule has 228 valence electrons. The summed E-state index contributed by atoms with van der Waals surface area (Å²) in [5.74, 6) is 0. The van der Waals surface area contributed by atoms with Gasteiger partial charge >= 0.3 is 0 Å². The fourth-order valence-corrected chi connectivity index (χ4v) is 6.03. The van der Waals surface area contributed by atoms with Gasteiger partial charge in [-0.25, -0.2) is 19.6 Å². The third-order valence-corrected chi connectivity index (χ3v) is 8.66. The molecule has 1 aliphatic carbocycles. The van der Waals surface area contributed by atoms with Gasteiger partial charge in [0.15, 0.2) is 6.73 Å². The number of hydrogen-bond donors (Lipinski definition) is 2. The van der Waals surface area contributed by atoms with Crippen LogP contribution >= 0.6 is 0 Å². The number of benzene rings is 2. The third-order valence-electron chi connectivity index (χ3n) is 8.66. The Morgan fingerprint density at radius 1 is 0.707 bits per heavy atom. The quantitative estimate of drug-likeness (QED) is 0.0641. The van der Waals surface area contributed by atoms with Gasteiger partial charge in [0.1, 0.15) is 11.7 Å². The molecule has 1 heterocycles. The highest BCUT2D eigenvalue weighted by Gasteiger charge is 2.52. The molecule has 1 atom stereocenters. The van der Waals surface area contributed by atoms with E-state index in [2.05, 4.69) is 66.1 Å². The smallest absolute Gasteiger partial charge is 0.151 e. The molecule has 2 aliphatic rings. The van der Waals surface area contributed by atoms with E-state index in [1.807, 2.05) is 0 Å². The fraction of sp³-hybridized carbons (Fsp3) is 0.657. The lowest BCUT2D eigenvalue weighted by Crippen LogP contribution is -2.54. The first-order valence-electron chi connectivity index (χ1n) is 16.5. The largest absolute Gasteiger partial charge is 0.385 e. The van der Waals surface area contributed by atoms with Crippen molar-refractivity contribution in [2.24, 2.45) is 0 Å². The minimum Gasteiger partial charge on any atom is -0.385 e. The Bertz CT molecular complexity index is 944. The van der Waals surface area contributed by atoms with Crippen molar-refractivity contribution in [2.75, 3.05) is 30.5 Å². The van der Waals surface area contributed by atoms with Crippen molar-refractivity contribution in [3.05, 3.63) is 59.7 Å². The van der Waals surface area contributed by atoms with Crippen LogP contribution in [0.5, 0.6) is 0 Å². The first kappa shape index (κ1) is 31.8. The summed E-state index contributed by atoms with van der Waals surface area (Å²) in [6.07, 6.45) is 21.3. The van der Waals surface area contributed by atoms with Crippen LogP contribution in [0.4, 0.5) is 11.4 Å². The maximum Gasteiger partial charge on any atom is 0.151 e. The average Bonchev–Trinajstić information content (AvgIpc) is 3.51. The van der Waals surface area contributed by atoms with Gasteiger partial charge in [-0.1, -0.05) is 102 Å². The molecule has 0 bridgehead atoms. The summed E-state index contributed by atoms with van der Waals surface area (Å²) >= 11 is 0. The molecule has 1 saturated carbocycles. The zero-order chi connectivity index (χ0) is 28.4. The van der Waals surface area contributed by atoms with Gasteiger partial charge in [0.25, 0.3) is 0 Å². The molecule has 2 aromatic rings. The normalized spacial score (nSPS) is 17.5. The van der Waals surface area contributed by atoms with Crippen LogP contribution in [-0.2, 0) is 26.0 Å². The van der Waals surface area contributed by atoms with Gasteiger partial charge in [-0.15, -0.1) is 0 Å². The summed E-state index contributed by atoms with van der Waals surface area (Å²) in [6, 6.07) is 17.4. The highest BCUT2D eigenvalue weighted by atomic mass is 17.3. The maximum absolute atomic E-state index is 5.48. The number of rotatable bonds is 22. The molecular weight excluding hydrogens is 512 g/mol. The molecule has 1 saturated heterocycles. The van der Waals surface area contributed by atoms with Gasteiger partial charge in [0, 0.05) is 17.9 Å². The van der Waals surface area contributed by atoms with Crippen molar-refractivity contribution in [3.63, 3.8) is 0 Å². The van der Waals surface area contributed by atoms with Gasteiger partial charge in [0.2, 0.25) is 0 Å². The molecular formula is C35H54N2O4. The Kier molecular flexibility index (Phi) is 14.3. The van der Waals surface area contributed by atoms with Crippen LogP contribution in [0, 0.1) is 0 Å². The van der Waals surface area contributed by atoms with Crippen LogP contribution in [0.1, 0.15) is 121 Å². The zero-order valence-corrected chi connectivity index (χ0v) is 25.5. The monoisotopic (exact) mass is 566 g/mol. The Morgan fingerprint density at radius 2 is 1.32 bits per heavy atom. The second-order valence-corrected chi connectivity index (χ2v) is 12.0. The van der Waals surface area contributed by atoms with Crippen LogP contribution in [-0.4, -0.2) is 31.6 Å². The molecule has 41 heavy (non-hydrogen) atoms. The van der Waals surface area contributed by atoms with Gasteiger partial charge in [-0.3, -0.25) is 0 Å². The summed E-state index contributed by atoms with van der Waals surface area (Å²) < 4.78 is 0. The average molecular weight is 567 g/mol. The van der Waals surface area contributed by atoms with Crippen LogP contribution in [0.3, 0.4) is 0 Å². The summed E-state index contributed by atoms with van der Waals surface area (Å²) in [4.78, 5) is 21.6. The van der Waals surface area contributed by atoms with E-state index in [0.717, 1.165) is 31.5 Å². The highest BCUT2D eigenvalue weighted by molar-refractivity contribution is 5.47. The summed E-state index contributed by atoms with van der Waals surface area (Å²) in [7, 11) is 0. The molecule has 6 nitrogen and oxygen atoms in total. The Hall–Kier alpha value is -2.12. The van der Waals surface area contributed by atoms with E-state index in [1.165, 1.54) is 107 Å². The summed E-state index contributed by atoms with van der Waals surface area (Å²) in [5, 5.41) is 6.79. The molecule has 0 radical (unpaired) electrons. The van der Waals surface area contributed by atoms with Crippen LogP contribution in [0.15, 0.2) is 48.5 Å². The third kappa shape index (κ3) is 11.2. The topological polar surface area (TPSA) is 61.0 Å². The van der Waals surface area contributed by atoms with Crippen molar-refractivity contribution >= 4 is 11.4 Å². The number of nitrogens with one attached hydrogen (secondary N) is 2. The SMILES string of the molecule is CCCCCCNc1ccc(Cc2ccc(NCOOCCCCCCCCCC3OOC34CCCC4)cc2)cc1. The Balaban J connectivity index is 0.942. The van der Waals surface area contributed by atoms with E-state index in [9.17, 15) is 0 Å². The first-order valence-corrected chi connectivity index (χ1v) is 16.5. The van der Waals surface area contributed by atoms with Gasteiger partial charge < -0.3 is 10.6 Å². The summed E-state index contributed by atoms with van der Waals surface area (Å²) in [6.45, 7) is 4.30. The minimum absolute atomic E-state index is 0.0981. The molecule has 2 N–H and O–H groups in total. The number of hydrogen-bond acceptors (Lipinski definition) is 6. The van der Waals surface area contributed by atoms with E-state index in [0.29, 0.717) is 19.4 Å². The van der Waals surface area contributed by atoms with E-state index >= 15 is 0 Å². The van der Waals surface area contributed by atoms with E-state index in [-0.39, 0.29) is 5.60 Å². The fourth-order valence-electron chi connectivity index (χ4n) is 6.03. The Morgan fingerprint density at radius 3 is 1.95 bits per heavy atom. The molecule has 1 spiro atoms. The lowest BCUT2D eigenvalue weighted by Gasteiger charge is -2.44. The lowest BCUT2D eigenvalue weighted by atomic mass is 9.89. The molecule has 6 heteroatoms. The van der Waals surface area contributed by atoms with E-state index in [1.54, 1.807) is 0 Å². The van der Waals surface area contributed by atoms with Crippen LogP contribution in [0.25, 0.3) is 0 Å². The molecule has 1 unspecified atom stereocenters. The van der Waals surface area contributed by atoms with Crippen molar-refractivity contribution in [3.8, 4) is 0 Å². The molecule has 2 fully saturated rings. The van der Waals surface area contributed by atoms with Gasteiger partial charge in [-0.05, 0) is 73.9 Å². The van der Waals surface area contributed by atoms with Gasteiger partial charge in [0.05, 0.1) is 6.61 Å². The van der Waals surface area contributed by atoms with Crippen LogP contribution in [0.2, 0.25) is 0 Å². The molecule has 1 aliphatic heterocycles. The molecule has 0 aromatic heterocycles. The lowest BCUT2D eigenvalue weighted by molar-refractivity contribution is -0.509. The van der Waals surface area contributed by atoms with Crippen molar-refractivity contribution in [2.45, 2.75) is 128 Å². The first-order chi connectivity index (χ1) is 20.3. The van der Waals surface area contributed by atoms with Gasteiger partial charge in [-0.2, -0.15) is 0 Å². The van der Waals surface area contributed by atoms with Crippen molar-refractivity contribution in [1.29, 1.82) is 0 Å². The number of anilines is 2. The molecule has 4 rings (SSSR count). The highest BCUT2D eigenvalue weighted by Crippen LogP contribution is 2.46.